The number of nitrogens with zero attached hydrogens (tertiary/aromatic N) is 2. The number of hydrogen-bond acceptors (Lipinski definition) is 7. The van der Waals surface area contributed by atoms with E-state index < -0.39 is 10.8 Å². The molecule has 1 aliphatic heterocycles. The lowest BCUT2D eigenvalue weighted by Gasteiger charge is -2.31. The molecule has 0 radical (unpaired) electrons. The number of rotatable bonds is 5. The minimum absolute atomic E-state index is 0.00519. The molecule has 0 saturated heterocycles. The Morgan fingerprint density at radius 1 is 1.23 bits per heavy atom. The van der Waals surface area contributed by atoms with Crippen LogP contribution in [0.4, 0.5) is 5.69 Å². The van der Waals surface area contributed by atoms with E-state index in [0.29, 0.717) is 41.9 Å². The van der Waals surface area contributed by atoms with E-state index in [1.807, 2.05) is 0 Å². The Bertz CT molecular complexity index is 1160. The van der Waals surface area contributed by atoms with Gasteiger partial charge in [0, 0.05) is 30.5 Å². The molecule has 2 aliphatic rings. The number of allylic oxidation sites excluding steroid dienone is 3. The second-order valence-electron chi connectivity index (χ2n) is 7.32. The van der Waals surface area contributed by atoms with E-state index in [1.54, 1.807) is 36.4 Å². The summed E-state index contributed by atoms with van der Waals surface area (Å²) in [5, 5.41) is 20.5. The number of nitrogens with two attached hydrogens (primary N) is 1. The highest BCUT2D eigenvalue weighted by Gasteiger charge is 2.37. The fourth-order valence-corrected chi connectivity index (χ4v) is 3.87. The molecule has 0 spiro atoms. The molecule has 156 valence electrons. The van der Waals surface area contributed by atoms with Gasteiger partial charge in [0.05, 0.1) is 10.8 Å². The molecule has 1 atom stereocenters. The Kier molecular flexibility index (Phi) is 5.41. The summed E-state index contributed by atoms with van der Waals surface area (Å²) in [6.45, 7) is 0.169. The van der Waals surface area contributed by atoms with Crippen molar-refractivity contribution >= 4 is 11.5 Å². The number of Topliss-reactive ketones (excluding diaryl/α,β-unsaturated/α-hetero) is 1. The van der Waals surface area contributed by atoms with Gasteiger partial charge in [-0.1, -0.05) is 24.3 Å². The van der Waals surface area contributed by atoms with Crippen molar-refractivity contribution < 1.29 is 19.2 Å². The van der Waals surface area contributed by atoms with Crippen molar-refractivity contribution in [3.8, 4) is 11.8 Å². The van der Waals surface area contributed by atoms with Crippen LogP contribution in [-0.2, 0) is 16.1 Å². The van der Waals surface area contributed by atoms with E-state index in [1.165, 1.54) is 12.1 Å². The van der Waals surface area contributed by atoms with Crippen molar-refractivity contribution in [2.24, 2.45) is 5.73 Å². The van der Waals surface area contributed by atoms with Crippen LogP contribution in [0.3, 0.4) is 0 Å². The first kappa shape index (κ1) is 20.2. The lowest BCUT2D eigenvalue weighted by atomic mass is 9.77. The van der Waals surface area contributed by atoms with Gasteiger partial charge in [-0.05, 0) is 29.7 Å². The maximum atomic E-state index is 12.6. The van der Waals surface area contributed by atoms with Crippen LogP contribution in [0.2, 0.25) is 0 Å². The predicted molar refractivity (Wildman–Crippen MR) is 110 cm³/mol. The minimum Gasteiger partial charge on any atom is -0.489 e. The number of carbonyl (C=O) groups excluding carboxylic acids is 1. The molecule has 0 amide bonds. The van der Waals surface area contributed by atoms with Crippen molar-refractivity contribution in [3.05, 3.63) is 92.6 Å². The Morgan fingerprint density at radius 2 is 2.00 bits per heavy atom. The molecular formula is C23H19N3O5. The summed E-state index contributed by atoms with van der Waals surface area (Å²) in [6.07, 6.45) is 1.73. The summed E-state index contributed by atoms with van der Waals surface area (Å²) >= 11 is 0. The first-order valence-electron chi connectivity index (χ1n) is 9.78. The van der Waals surface area contributed by atoms with E-state index in [-0.39, 0.29) is 29.5 Å². The number of benzene rings is 2. The van der Waals surface area contributed by atoms with Crippen LogP contribution in [0, 0.1) is 21.4 Å². The largest absolute Gasteiger partial charge is 0.489 e. The number of non-ortho nitro benzene ring substituents is 1. The second-order valence-corrected chi connectivity index (χ2v) is 7.32. The van der Waals surface area contributed by atoms with Gasteiger partial charge in [0.2, 0.25) is 5.88 Å². The number of nitro groups is 1. The van der Waals surface area contributed by atoms with Gasteiger partial charge in [-0.3, -0.25) is 14.9 Å². The van der Waals surface area contributed by atoms with Crippen LogP contribution in [0.25, 0.3) is 0 Å². The lowest BCUT2D eigenvalue weighted by Crippen LogP contribution is -2.27. The van der Waals surface area contributed by atoms with Crippen LogP contribution in [0.5, 0.6) is 5.75 Å². The lowest BCUT2D eigenvalue weighted by molar-refractivity contribution is -0.384. The average molecular weight is 417 g/mol. The average Bonchev–Trinajstić information content (AvgIpc) is 2.77. The van der Waals surface area contributed by atoms with Gasteiger partial charge in [0.15, 0.2) is 5.78 Å². The second kappa shape index (κ2) is 8.32. The molecule has 0 fully saturated rings. The maximum Gasteiger partial charge on any atom is 0.269 e. The van der Waals surface area contributed by atoms with E-state index in [2.05, 4.69) is 6.07 Å². The zero-order chi connectivity index (χ0) is 22.0. The quantitative estimate of drug-likeness (QED) is 0.575. The van der Waals surface area contributed by atoms with Crippen molar-refractivity contribution in [3.63, 3.8) is 0 Å². The van der Waals surface area contributed by atoms with Crippen LogP contribution >= 0.6 is 0 Å². The standard InChI is InChI=1S/C23H19N3O5/c24-12-18-21(22-19(27)5-2-6-20(22)31-23(18)25)15-7-9-17(10-8-15)30-13-14-3-1-4-16(11-14)26(28)29/h1,3-4,7-11,21H,2,5-6,13,25H2/t21-/m0/s1. The van der Waals surface area contributed by atoms with E-state index in [9.17, 15) is 20.2 Å². The van der Waals surface area contributed by atoms with Gasteiger partial charge in [0.25, 0.3) is 5.69 Å². The summed E-state index contributed by atoms with van der Waals surface area (Å²) in [7, 11) is 0. The molecule has 4 rings (SSSR count). The highest BCUT2D eigenvalue weighted by atomic mass is 16.6. The van der Waals surface area contributed by atoms with E-state index in [4.69, 9.17) is 15.2 Å². The number of carbonyl (C=O) groups is 1. The number of nitriles is 1. The normalized spacial score (nSPS) is 18.2. The zero-order valence-corrected chi connectivity index (χ0v) is 16.5. The number of ketones is 1. The van der Waals surface area contributed by atoms with Gasteiger partial charge >= 0.3 is 0 Å². The Morgan fingerprint density at radius 3 is 2.71 bits per heavy atom. The summed E-state index contributed by atoms with van der Waals surface area (Å²) in [6, 6.07) is 15.4. The van der Waals surface area contributed by atoms with Crippen LogP contribution < -0.4 is 10.5 Å². The van der Waals surface area contributed by atoms with Crippen LogP contribution in [0.15, 0.2) is 71.3 Å². The molecule has 31 heavy (non-hydrogen) atoms. The SMILES string of the molecule is N#CC1=C(N)OC2=C(C(=O)CCC2)[C@H]1c1ccc(OCc2cccc([N+](=O)[O-])c2)cc1. The molecule has 1 aliphatic carbocycles. The molecule has 8 nitrogen and oxygen atoms in total. The first-order chi connectivity index (χ1) is 15.0. The molecular weight excluding hydrogens is 398 g/mol. The Hall–Kier alpha value is -4.12. The molecule has 2 aromatic rings. The molecule has 8 heteroatoms. The maximum absolute atomic E-state index is 12.6. The van der Waals surface area contributed by atoms with Gasteiger partial charge < -0.3 is 15.2 Å². The van der Waals surface area contributed by atoms with E-state index in [0.717, 1.165) is 5.56 Å². The topological polar surface area (TPSA) is 128 Å². The van der Waals surface area contributed by atoms with Crippen LogP contribution in [-0.4, -0.2) is 10.7 Å². The van der Waals surface area contributed by atoms with Crippen LogP contribution in [0.1, 0.15) is 36.3 Å². The number of ether oxygens (including phenoxy) is 2. The van der Waals surface area contributed by atoms with E-state index >= 15 is 0 Å². The Labute approximate surface area is 178 Å². The molecule has 0 aromatic heterocycles. The third-order valence-electron chi connectivity index (χ3n) is 5.35. The van der Waals surface area contributed by atoms with Gasteiger partial charge in [-0.25, -0.2) is 0 Å². The Balaban J connectivity index is 1.56. The molecule has 0 saturated carbocycles. The third-order valence-corrected chi connectivity index (χ3v) is 5.35. The van der Waals surface area contributed by atoms with Crippen molar-refractivity contribution in [2.45, 2.75) is 31.8 Å². The molecule has 2 N–H and O–H groups in total. The fourth-order valence-electron chi connectivity index (χ4n) is 3.87. The fraction of sp³-hybridized carbons (Fsp3) is 0.217. The van der Waals surface area contributed by atoms with Crippen molar-refractivity contribution in [1.82, 2.24) is 0 Å². The summed E-state index contributed by atoms with van der Waals surface area (Å²) in [5.41, 5.74) is 8.11. The number of hydrogen-bond donors (Lipinski definition) is 1. The first-order valence-corrected chi connectivity index (χ1v) is 9.78. The highest BCUT2D eigenvalue weighted by Crippen LogP contribution is 2.43. The molecule has 0 bridgehead atoms. The summed E-state index contributed by atoms with van der Waals surface area (Å²) in [4.78, 5) is 23.1. The molecule has 1 heterocycles. The van der Waals surface area contributed by atoms with Gasteiger partial charge in [0.1, 0.15) is 29.8 Å². The van der Waals surface area contributed by atoms with Gasteiger partial charge in [-0.15, -0.1) is 0 Å². The van der Waals surface area contributed by atoms with Gasteiger partial charge in [-0.2, -0.15) is 5.26 Å². The smallest absolute Gasteiger partial charge is 0.269 e. The monoisotopic (exact) mass is 417 g/mol. The summed E-state index contributed by atoms with van der Waals surface area (Å²) < 4.78 is 11.3. The third kappa shape index (κ3) is 3.98. The van der Waals surface area contributed by atoms with Crippen molar-refractivity contribution in [1.29, 1.82) is 5.26 Å². The summed E-state index contributed by atoms with van der Waals surface area (Å²) in [5.74, 6) is 0.544. The molecule has 2 aromatic carbocycles. The number of nitro benzene ring substituents is 1. The minimum atomic E-state index is -0.563. The molecule has 0 unspecified atom stereocenters. The predicted octanol–water partition coefficient (Wildman–Crippen LogP) is 3.99. The zero-order valence-electron chi connectivity index (χ0n) is 16.5. The highest BCUT2D eigenvalue weighted by molar-refractivity contribution is 5.99. The van der Waals surface area contributed by atoms with Crippen molar-refractivity contribution in [2.75, 3.05) is 0 Å².